The first kappa shape index (κ1) is 14.2. The van der Waals surface area contributed by atoms with Crippen LogP contribution >= 0.6 is 15.9 Å². The van der Waals surface area contributed by atoms with E-state index in [1.54, 1.807) is 0 Å². The Kier molecular flexibility index (Phi) is 4.69. The van der Waals surface area contributed by atoms with Gasteiger partial charge in [-0.3, -0.25) is 14.9 Å². The van der Waals surface area contributed by atoms with Gasteiger partial charge in [0.05, 0.1) is 5.92 Å². The van der Waals surface area contributed by atoms with Gasteiger partial charge in [-0.1, -0.05) is 34.5 Å². The first-order valence-corrected chi connectivity index (χ1v) is 7.27. The van der Waals surface area contributed by atoms with Crippen LogP contribution in [-0.4, -0.2) is 17.3 Å². The number of benzene rings is 1. The Morgan fingerprint density at radius 3 is 2.84 bits per heavy atom. The Labute approximate surface area is 120 Å². The van der Waals surface area contributed by atoms with Crippen molar-refractivity contribution < 1.29 is 9.72 Å². The van der Waals surface area contributed by atoms with E-state index >= 15 is 0 Å². The summed E-state index contributed by atoms with van der Waals surface area (Å²) in [5.41, 5.74) is 0.881. The highest BCUT2D eigenvalue weighted by Crippen LogP contribution is 2.35. The highest BCUT2D eigenvalue weighted by molar-refractivity contribution is 9.10. The summed E-state index contributed by atoms with van der Waals surface area (Å²) in [5, 5.41) is 10.9. The second-order valence-corrected chi connectivity index (χ2v) is 5.91. The van der Waals surface area contributed by atoms with Crippen molar-refractivity contribution in [3.8, 4) is 0 Å². The van der Waals surface area contributed by atoms with Crippen molar-refractivity contribution >= 4 is 21.7 Å². The van der Waals surface area contributed by atoms with Gasteiger partial charge in [-0.25, -0.2) is 0 Å². The van der Waals surface area contributed by atoms with Crippen molar-refractivity contribution in [2.24, 2.45) is 5.92 Å². The average molecular weight is 326 g/mol. The zero-order chi connectivity index (χ0) is 13.8. The number of Topliss-reactive ketones (excluding diaryl/α,β-unsaturated/α-hetero) is 1. The average Bonchev–Trinajstić information content (AvgIpc) is 2.37. The third-order valence-corrected chi connectivity index (χ3v) is 4.20. The van der Waals surface area contributed by atoms with Crippen molar-refractivity contribution in [3.63, 3.8) is 0 Å². The summed E-state index contributed by atoms with van der Waals surface area (Å²) in [6.07, 6.45) is 3.23. The van der Waals surface area contributed by atoms with Crippen LogP contribution in [0.15, 0.2) is 28.7 Å². The molecule has 1 aliphatic rings. The third kappa shape index (κ3) is 3.62. The maximum absolute atomic E-state index is 12.0. The number of hydrogen-bond acceptors (Lipinski definition) is 3. The van der Waals surface area contributed by atoms with Gasteiger partial charge < -0.3 is 0 Å². The van der Waals surface area contributed by atoms with Crippen LogP contribution in [0.2, 0.25) is 0 Å². The molecular formula is C14H16BrNO3. The number of ketones is 1. The second-order valence-electron chi connectivity index (χ2n) is 5.00. The Morgan fingerprint density at radius 2 is 2.21 bits per heavy atom. The maximum Gasteiger partial charge on any atom is 0.211 e. The van der Waals surface area contributed by atoms with E-state index in [0.29, 0.717) is 6.42 Å². The van der Waals surface area contributed by atoms with Gasteiger partial charge in [-0.05, 0) is 30.5 Å². The van der Waals surface area contributed by atoms with E-state index in [-0.39, 0.29) is 29.1 Å². The van der Waals surface area contributed by atoms with Crippen LogP contribution in [0, 0.1) is 16.0 Å². The summed E-state index contributed by atoms with van der Waals surface area (Å²) >= 11 is 3.38. The standard InChI is InChI=1S/C14H16BrNO3/c15-11-5-3-4-10(8-11)13(9-16(18)19)12-6-1-2-7-14(12)17/h3-5,8,12-13H,1-2,6-7,9H2/t12-,13-/m1/s1. The largest absolute Gasteiger partial charge is 0.299 e. The minimum atomic E-state index is -0.312. The molecule has 0 amide bonds. The van der Waals surface area contributed by atoms with Gasteiger partial charge in [0.1, 0.15) is 5.78 Å². The normalized spacial score (nSPS) is 21.1. The molecule has 2 atom stereocenters. The predicted octanol–water partition coefficient (Wildman–Crippen LogP) is 3.57. The van der Waals surface area contributed by atoms with Gasteiger partial charge in [0.25, 0.3) is 0 Å². The first-order chi connectivity index (χ1) is 9.08. The smallest absolute Gasteiger partial charge is 0.211 e. The van der Waals surface area contributed by atoms with Gasteiger partial charge in [-0.15, -0.1) is 0 Å². The molecule has 102 valence electrons. The highest BCUT2D eigenvalue weighted by atomic mass is 79.9. The maximum atomic E-state index is 12.0. The Balaban J connectivity index is 2.29. The van der Waals surface area contributed by atoms with E-state index in [9.17, 15) is 14.9 Å². The van der Waals surface area contributed by atoms with Gasteiger partial charge in [0.2, 0.25) is 6.54 Å². The van der Waals surface area contributed by atoms with Crippen molar-refractivity contribution in [2.45, 2.75) is 31.6 Å². The van der Waals surface area contributed by atoms with Crippen LogP contribution in [0.25, 0.3) is 0 Å². The van der Waals surface area contributed by atoms with Gasteiger partial charge in [0, 0.05) is 21.7 Å². The molecule has 19 heavy (non-hydrogen) atoms. The van der Waals surface area contributed by atoms with E-state index < -0.39 is 0 Å². The zero-order valence-corrected chi connectivity index (χ0v) is 12.1. The first-order valence-electron chi connectivity index (χ1n) is 6.48. The molecule has 1 saturated carbocycles. The number of carbonyl (C=O) groups excluding carboxylic acids is 1. The molecular weight excluding hydrogens is 310 g/mol. The number of hydrogen-bond donors (Lipinski definition) is 0. The number of carbonyl (C=O) groups is 1. The van der Waals surface area contributed by atoms with Crippen LogP contribution in [0.1, 0.15) is 37.2 Å². The molecule has 0 radical (unpaired) electrons. The van der Waals surface area contributed by atoms with E-state index in [2.05, 4.69) is 15.9 Å². The van der Waals surface area contributed by atoms with E-state index in [1.807, 2.05) is 24.3 Å². The number of nitrogens with zero attached hydrogens (tertiary/aromatic N) is 1. The van der Waals surface area contributed by atoms with Crippen molar-refractivity contribution in [1.29, 1.82) is 0 Å². The van der Waals surface area contributed by atoms with E-state index in [4.69, 9.17) is 0 Å². The molecule has 1 aliphatic carbocycles. The molecule has 1 aromatic carbocycles. The summed E-state index contributed by atoms with van der Waals surface area (Å²) < 4.78 is 0.890. The fourth-order valence-electron chi connectivity index (χ4n) is 2.80. The Morgan fingerprint density at radius 1 is 1.42 bits per heavy atom. The Bertz CT molecular complexity index is 489. The molecule has 0 heterocycles. The molecule has 1 aromatic rings. The third-order valence-electron chi connectivity index (χ3n) is 3.71. The number of rotatable bonds is 4. The second kappa shape index (κ2) is 6.28. The van der Waals surface area contributed by atoms with Crippen LogP contribution < -0.4 is 0 Å². The molecule has 0 bridgehead atoms. The molecule has 0 aliphatic heterocycles. The van der Waals surface area contributed by atoms with E-state index in [1.165, 1.54) is 0 Å². The minimum Gasteiger partial charge on any atom is -0.299 e. The molecule has 0 spiro atoms. The summed E-state index contributed by atoms with van der Waals surface area (Å²) in [5.74, 6) is -0.327. The lowest BCUT2D eigenvalue weighted by Gasteiger charge is -2.27. The van der Waals surface area contributed by atoms with Crippen molar-refractivity contribution in [2.75, 3.05) is 6.54 Å². The molecule has 2 rings (SSSR count). The van der Waals surface area contributed by atoms with Crippen LogP contribution in [0.4, 0.5) is 0 Å². The molecule has 4 nitrogen and oxygen atoms in total. The SMILES string of the molecule is O=C1CCCC[C@@H]1[C@H](C[N+](=O)[O-])c1cccc(Br)c1. The lowest BCUT2D eigenvalue weighted by atomic mass is 9.76. The molecule has 0 N–H and O–H groups in total. The van der Waals surface area contributed by atoms with Crippen LogP contribution in [0.5, 0.6) is 0 Å². The van der Waals surface area contributed by atoms with Crippen molar-refractivity contribution in [1.82, 2.24) is 0 Å². The molecule has 0 aromatic heterocycles. The van der Waals surface area contributed by atoms with Gasteiger partial charge >= 0.3 is 0 Å². The molecule has 5 heteroatoms. The summed E-state index contributed by atoms with van der Waals surface area (Å²) in [4.78, 5) is 22.6. The van der Waals surface area contributed by atoms with Crippen LogP contribution in [0.3, 0.4) is 0 Å². The van der Waals surface area contributed by atoms with Gasteiger partial charge in [0.15, 0.2) is 0 Å². The van der Waals surface area contributed by atoms with Gasteiger partial charge in [-0.2, -0.15) is 0 Å². The minimum absolute atomic E-state index is 0.174. The predicted molar refractivity (Wildman–Crippen MR) is 75.7 cm³/mol. The fourth-order valence-corrected chi connectivity index (χ4v) is 3.22. The lowest BCUT2D eigenvalue weighted by Crippen LogP contribution is -2.30. The van der Waals surface area contributed by atoms with Crippen LogP contribution in [-0.2, 0) is 4.79 Å². The molecule has 1 fully saturated rings. The molecule has 0 saturated heterocycles. The Hall–Kier alpha value is -1.23. The number of nitro groups is 1. The topological polar surface area (TPSA) is 60.2 Å². The summed E-state index contributed by atoms with van der Waals surface area (Å²) in [6.45, 7) is -0.174. The quantitative estimate of drug-likeness (QED) is 0.628. The summed E-state index contributed by atoms with van der Waals surface area (Å²) in [6, 6.07) is 7.51. The highest BCUT2D eigenvalue weighted by Gasteiger charge is 2.34. The zero-order valence-electron chi connectivity index (χ0n) is 10.5. The lowest BCUT2D eigenvalue weighted by molar-refractivity contribution is -0.484. The fraction of sp³-hybridized carbons (Fsp3) is 0.500. The number of halogens is 1. The van der Waals surface area contributed by atoms with Crippen molar-refractivity contribution in [3.05, 3.63) is 44.4 Å². The molecule has 0 unspecified atom stereocenters. The summed E-state index contributed by atoms with van der Waals surface area (Å²) in [7, 11) is 0. The van der Waals surface area contributed by atoms with E-state index in [0.717, 1.165) is 29.3 Å². The monoisotopic (exact) mass is 325 g/mol.